The molecule has 124 valence electrons. The van der Waals surface area contributed by atoms with Crippen molar-refractivity contribution in [2.45, 2.75) is 38.3 Å². The Balaban J connectivity index is 1.92. The lowest BCUT2D eigenvalue weighted by Crippen LogP contribution is -2.49. The Hall–Kier alpha value is -0.200. The molecule has 5 nitrogen and oxygen atoms in total. The van der Waals surface area contributed by atoms with Crippen molar-refractivity contribution in [3.05, 3.63) is 0 Å². The van der Waals surface area contributed by atoms with E-state index < -0.39 is 0 Å². The molecule has 2 fully saturated rings. The highest BCUT2D eigenvalue weighted by Gasteiger charge is 2.38. The second-order valence-electron chi connectivity index (χ2n) is 6.73. The summed E-state index contributed by atoms with van der Waals surface area (Å²) in [7, 11) is 3.54. The molecule has 1 saturated carbocycles. The molecular formula is C16H32N2O3. The second-order valence-corrected chi connectivity index (χ2v) is 6.73. The molecular weight excluding hydrogens is 268 g/mol. The van der Waals surface area contributed by atoms with Crippen molar-refractivity contribution in [2.75, 3.05) is 60.3 Å². The molecule has 0 aromatic rings. The Bertz CT molecular complexity index is 291. The number of rotatable bonds is 11. The smallest absolute Gasteiger partial charge is 0.0615 e. The first kappa shape index (κ1) is 17.2. The standard InChI is InChI=1S/C16H32N2O3/c1-14(10-20-3)18(7-9-19-2)12-16(6-8-21-13-16)11-17-15-4-5-15/h14-15,17H,4-13H2,1-3H3. The van der Waals surface area contributed by atoms with Gasteiger partial charge in [0, 0.05) is 58.0 Å². The average Bonchev–Trinajstić information content (AvgIpc) is 3.21. The maximum absolute atomic E-state index is 5.73. The fraction of sp³-hybridized carbons (Fsp3) is 1.00. The third-order valence-electron chi connectivity index (χ3n) is 4.68. The van der Waals surface area contributed by atoms with Gasteiger partial charge in [-0.25, -0.2) is 0 Å². The number of methoxy groups -OCH3 is 2. The minimum Gasteiger partial charge on any atom is -0.383 e. The van der Waals surface area contributed by atoms with Crippen molar-refractivity contribution < 1.29 is 14.2 Å². The molecule has 5 heteroatoms. The average molecular weight is 300 g/mol. The fourth-order valence-electron chi connectivity index (χ4n) is 3.06. The Morgan fingerprint density at radius 3 is 2.71 bits per heavy atom. The zero-order valence-electron chi connectivity index (χ0n) is 13.9. The van der Waals surface area contributed by atoms with Gasteiger partial charge in [-0.05, 0) is 26.2 Å². The van der Waals surface area contributed by atoms with E-state index in [0.717, 1.165) is 58.5 Å². The first-order chi connectivity index (χ1) is 10.2. The molecule has 0 radical (unpaired) electrons. The van der Waals surface area contributed by atoms with Crippen LogP contribution in [0.4, 0.5) is 0 Å². The van der Waals surface area contributed by atoms with E-state index >= 15 is 0 Å². The van der Waals surface area contributed by atoms with E-state index in [1.54, 1.807) is 14.2 Å². The number of nitrogens with zero attached hydrogens (tertiary/aromatic N) is 1. The quantitative estimate of drug-likeness (QED) is 0.619. The van der Waals surface area contributed by atoms with Crippen LogP contribution in [0.1, 0.15) is 26.2 Å². The summed E-state index contributed by atoms with van der Waals surface area (Å²) in [5.41, 5.74) is 0.248. The van der Waals surface area contributed by atoms with E-state index in [-0.39, 0.29) is 5.41 Å². The van der Waals surface area contributed by atoms with E-state index in [1.165, 1.54) is 12.8 Å². The van der Waals surface area contributed by atoms with Crippen LogP contribution in [-0.4, -0.2) is 77.3 Å². The highest BCUT2D eigenvalue weighted by Crippen LogP contribution is 2.31. The number of hydrogen-bond acceptors (Lipinski definition) is 5. The molecule has 0 aromatic carbocycles. The lowest BCUT2D eigenvalue weighted by molar-refractivity contribution is 0.0372. The summed E-state index contributed by atoms with van der Waals surface area (Å²) in [6.45, 7) is 8.60. The Labute approximate surface area is 129 Å². The number of nitrogens with one attached hydrogen (secondary N) is 1. The number of ether oxygens (including phenoxy) is 3. The van der Waals surface area contributed by atoms with Crippen LogP contribution >= 0.6 is 0 Å². The summed E-state index contributed by atoms with van der Waals surface area (Å²) in [5.74, 6) is 0. The van der Waals surface area contributed by atoms with E-state index in [1.807, 2.05) is 0 Å². The third kappa shape index (κ3) is 5.49. The lowest BCUT2D eigenvalue weighted by Gasteiger charge is -2.37. The van der Waals surface area contributed by atoms with Gasteiger partial charge in [0.2, 0.25) is 0 Å². The summed E-state index contributed by atoms with van der Waals surface area (Å²) in [5, 5.41) is 3.70. The van der Waals surface area contributed by atoms with Crippen molar-refractivity contribution in [2.24, 2.45) is 5.41 Å². The summed E-state index contributed by atoms with van der Waals surface area (Å²) >= 11 is 0. The largest absolute Gasteiger partial charge is 0.383 e. The maximum atomic E-state index is 5.73. The lowest BCUT2D eigenvalue weighted by atomic mass is 9.86. The molecule has 0 amide bonds. The summed E-state index contributed by atoms with van der Waals surface area (Å²) in [6.07, 6.45) is 3.82. The van der Waals surface area contributed by atoms with Crippen molar-refractivity contribution in [1.29, 1.82) is 0 Å². The maximum Gasteiger partial charge on any atom is 0.0615 e. The van der Waals surface area contributed by atoms with Crippen molar-refractivity contribution in [3.63, 3.8) is 0 Å². The second kappa shape index (κ2) is 8.44. The Morgan fingerprint density at radius 2 is 2.14 bits per heavy atom. The Morgan fingerprint density at radius 1 is 1.33 bits per heavy atom. The topological polar surface area (TPSA) is 43.0 Å². The van der Waals surface area contributed by atoms with Gasteiger partial charge in [0.15, 0.2) is 0 Å². The minimum absolute atomic E-state index is 0.248. The summed E-state index contributed by atoms with van der Waals surface area (Å²) in [6, 6.07) is 1.16. The highest BCUT2D eigenvalue weighted by atomic mass is 16.5. The molecule has 1 aliphatic carbocycles. The normalized spacial score (nSPS) is 27.4. The van der Waals surface area contributed by atoms with E-state index in [0.29, 0.717) is 6.04 Å². The predicted octanol–water partition coefficient (Wildman–Crippen LogP) is 1.13. The van der Waals surface area contributed by atoms with Gasteiger partial charge < -0.3 is 19.5 Å². The van der Waals surface area contributed by atoms with Gasteiger partial charge in [-0.1, -0.05) is 0 Å². The SMILES string of the molecule is COCCN(CC1(CNC2CC2)CCOC1)C(C)COC. The van der Waals surface area contributed by atoms with Gasteiger partial charge in [-0.3, -0.25) is 4.90 Å². The zero-order chi connectivity index (χ0) is 15.1. The highest BCUT2D eigenvalue weighted by molar-refractivity contribution is 4.92. The van der Waals surface area contributed by atoms with Crippen molar-refractivity contribution in [3.8, 4) is 0 Å². The number of hydrogen-bond donors (Lipinski definition) is 1. The van der Waals surface area contributed by atoms with Gasteiger partial charge in [0.05, 0.1) is 19.8 Å². The minimum atomic E-state index is 0.248. The molecule has 0 spiro atoms. The first-order valence-corrected chi connectivity index (χ1v) is 8.22. The van der Waals surface area contributed by atoms with E-state index in [4.69, 9.17) is 14.2 Å². The first-order valence-electron chi connectivity index (χ1n) is 8.22. The predicted molar refractivity (Wildman–Crippen MR) is 83.7 cm³/mol. The van der Waals surface area contributed by atoms with Crippen LogP contribution in [0.2, 0.25) is 0 Å². The van der Waals surface area contributed by atoms with Crippen LogP contribution < -0.4 is 5.32 Å². The van der Waals surface area contributed by atoms with Crippen LogP contribution in [0.15, 0.2) is 0 Å². The molecule has 1 saturated heterocycles. The Kier molecular flexibility index (Phi) is 6.89. The molecule has 1 aliphatic heterocycles. The zero-order valence-corrected chi connectivity index (χ0v) is 13.9. The van der Waals surface area contributed by atoms with E-state index in [2.05, 4.69) is 17.1 Å². The molecule has 1 N–H and O–H groups in total. The van der Waals surface area contributed by atoms with Gasteiger partial charge in [0.25, 0.3) is 0 Å². The van der Waals surface area contributed by atoms with Gasteiger partial charge in [-0.15, -0.1) is 0 Å². The van der Waals surface area contributed by atoms with Crippen molar-refractivity contribution in [1.82, 2.24) is 10.2 Å². The molecule has 1 heterocycles. The fourth-order valence-corrected chi connectivity index (χ4v) is 3.06. The van der Waals surface area contributed by atoms with Crippen LogP contribution in [0.3, 0.4) is 0 Å². The summed E-state index contributed by atoms with van der Waals surface area (Å²) < 4.78 is 16.3. The molecule has 2 atom stereocenters. The summed E-state index contributed by atoms with van der Waals surface area (Å²) in [4.78, 5) is 2.50. The van der Waals surface area contributed by atoms with Gasteiger partial charge >= 0.3 is 0 Å². The van der Waals surface area contributed by atoms with Crippen LogP contribution in [-0.2, 0) is 14.2 Å². The van der Waals surface area contributed by atoms with Crippen LogP contribution in [0.5, 0.6) is 0 Å². The molecule has 21 heavy (non-hydrogen) atoms. The molecule has 2 aliphatic rings. The molecule has 2 rings (SSSR count). The van der Waals surface area contributed by atoms with E-state index in [9.17, 15) is 0 Å². The molecule has 0 aromatic heterocycles. The van der Waals surface area contributed by atoms with Gasteiger partial charge in [0.1, 0.15) is 0 Å². The monoisotopic (exact) mass is 300 g/mol. The molecule has 0 bridgehead atoms. The van der Waals surface area contributed by atoms with Crippen LogP contribution in [0, 0.1) is 5.41 Å². The molecule has 2 unspecified atom stereocenters. The third-order valence-corrected chi connectivity index (χ3v) is 4.68. The van der Waals surface area contributed by atoms with Gasteiger partial charge in [-0.2, -0.15) is 0 Å². The van der Waals surface area contributed by atoms with Crippen molar-refractivity contribution >= 4 is 0 Å². The van der Waals surface area contributed by atoms with Crippen LogP contribution in [0.25, 0.3) is 0 Å².